The number of rotatable bonds is 3. The van der Waals surface area contributed by atoms with Gasteiger partial charge in [0, 0.05) is 29.8 Å². The van der Waals surface area contributed by atoms with Crippen molar-refractivity contribution in [1.82, 2.24) is 30.2 Å². The average Bonchev–Trinajstić information content (AvgIpc) is 3.32. The number of benzene rings is 1. The molecule has 0 spiro atoms. The molecule has 7 nitrogen and oxygen atoms in total. The van der Waals surface area contributed by atoms with Crippen molar-refractivity contribution in [2.24, 2.45) is 0 Å². The third-order valence-electron chi connectivity index (χ3n) is 5.88. The zero-order valence-corrected chi connectivity index (χ0v) is 17.8. The van der Waals surface area contributed by atoms with Crippen molar-refractivity contribution in [3.8, 4) is 5.69 Å². The van der Waals surface area contributed by atoms with Crippen LogP contribution in [0.25, 0.3) is 5.69 Å². The van der Waals surface area contributed by atoms with E-state index in [-0.39, 0.29) is 12.4 Å². The van der Waals surface area contributed by atoms with E-state index in [0.717, 1.165) is 72.7 Å². The molecule has 1 aliphatic carbocycles. The largest absolute Gasteiger partial charge is 0.339 e. The minimum atomic E-state index is 0. The second-order valence-electron chi connectivity index (χ2n) is 7.63. The van der Waals surface area contributed by atoms with Gasteiger partial charge in [0.2, 0.25) is 5.89 Å². The molecule has 0 unspecified atom stereocenters. The van der Waals surface area contributed by atoms with Crippen LogP contribution in [0.2, 0.25) is 5.02 Å². The van der Waals surface area contributed by atoms with Gasteiger partial charge in [-0.1, -0.05) is 23.7 Å². The van der Waals surface area contributed by atoms with Gasteiger partial charge < -0.3 is 9.84 Å². The summed E-state index contributed by atoms with van der Waals surface area (Å²) in [5.74, 6) is 4.37. The fraction of sp³-hybridized carbons (Fsp3) is 0.500. The first kappa shape index (κ1) is 20.3. The zero-order valence-electron chi connectivity index (χ0n) is 16.3. The minimum Gasteiger partial charge on any atom is -0.339 e. The molecule has 2 aromatic heterocycles. The lowest BCUT2D eigenvalue weighted by molar-refractivity contribution is 0.344. The number of nitrogens with one attached hydrogen (secondary N) is 1. The van der Waals surface area contributed by atoms with Gasteiger partial charge >= 0.3 is 0 Å². The van der Waals surface area contributed by atoms with E-state index in [0.29, 0.717) is 18.4 Å². The highest BCUT2D eigenvalue weighted by Crippen LogP contribution is 2.40. The summed E-state index contributed by atoms with van der Waals surface area (Å²) in [7, 11) is 0. The molecule has 1 N–H and O–H groups in total. The van der Waals surface area contributed by atoms with E-state index < -0.39 is 0 Å². The van der Waals surface area contributed by atoms with Crippen molar-refractivity contribution in [2.45, 2.75) is 64.0 Å². The quantitative estimate of drug-likeness (QED) is 0.660. The van der Waals surface area contributed by atoms with Gasteiger partial charge in [0.05, 0.1) is 12.2 Å². The lowest BCUT2D eigenvalue weighted by atomic mass is 9.81. The Hall–Kier alpha value is -1.96. The molecule has 1 aromatic carbocycles. The van der Waals surface area contributed by atoms with E-state index in [2.05, 4.69) is 36.3 Å². The highest BCUT2D eigenvalue weighted by atomic mass is 35.5. The summed E-state index contributed by atoms with van der Waals surface area (Å²) in [4.78, 5) is 4.53. The van der Waals surface area contributed by atoms with Crippen LogP contribution in [-0.2, 0) is 19.5 Å². The van der Waals surface area contributed by atoms with Gasteiger partial charge in [-0.2, -0.15) is 4.98 Å². The number of fused-ring (bicyclic) bond motifs is 3. The lowest BCUT2D eigenvalue weighted by Crippen LogP contribution is -2.17. The molecule has 1 saturated carbocycles. The molecule has 0 saturated heterocycles. The standard InChI is InChI=1S/C20H23ClN6O.ClH/c1-2-18-23-19(26-28-18)12-3-5-13(6-4-12)20-25-24-17-11-22-10-14-9-15(21)7-8-16(14)27(17)20;/h7-9,12-13,22H,2-6,10-11H2,1H3;1H/t12-,13+;. The lowest BCUT2D eigenvalue weighted by Gasteiger charge is -2.26. The Bertz CT molecular complexity index is 993. The van der Waals surface area contributed by atoms with Gasteiger partial charge in [-0.3, -0.25) is 4.57 Å². The summed E-state index contributed by atoms with van der Waals surface area (Å²) in [6.07, 6.45) is 4.97. The minimum absolute atomic E-state index is 0. The number of hydrogen-bond acceptors (Lipinski definition) is 6. The first-order valence-corrected chi connectivity index (χ1v) is 10.4. The fourth-order valence-corrected chi connectivity index (χ4v) is 4.58. The molecule has 0 atom stereocenters. The summed E-state index contributed by atoms with van der Waals surface area (Å²) >= 11 is 6.22. The van der Waals surface area contributed by atoms with Crippen LogP contribution in [0.3, 0.4) is 0 Å². The summed E-state index contributed by atoms with van der Waals surface area (Å²) in [5.41, 5.74) is 2.32. The number of aromatic nitrogens is 5. The first-order chi connectivity index (χ1) is 13.7. The van der Waals surface area contributed by atoms with Gasteiger partial charge in [0.15, 0.2) is 11.6 Å². The molecule has 9 heteroatoms. The van der Waals surface area contributed by atoms with Crippen LogP contribution in [0.5, 0.6) is 0 Å². The molecule has 3 heterocycles. The Morgan fingerprint density at radius 2 is 1.93 bits per heavy atom. The molecule has 1 fully saturated rings. The molecule has 0 radical (unpaired) electrons. The van der Waals surface area contributed by atoms with Gasteiger partial charge in [0.25, 0.3) is 0 Å². The smallest absolute Gasteiger partial charge is 0.226 e. The average molecular weight is 435 g/mol. The van der Waals surface area contributed by atoms with Crippen molar-refractivity contribution in [1.29, 1.82) is 0 Å². The van der Waals surface area contributed by atoms with Crippen LogP contribution in [0.4, 0.5) is 0 Å². The van der Waals surface area contributed by atoms with E-state index in [1.165, 1.54) is 5.56 Å². The Kier molecular flexibility index (Phi) is 5.90. The van der Waals surface area contributed by atoms with Crippen LogP contribution in [0, 0.1) is 0 Å². The number of hydrogen-bond donors (Lipinski definition) is 1. The van der Waals surface area contributed by atoms with E-state index in [9.17, 15) is 0 Å². The van der Waals surface area contributed by atoms with Gasteiger partial charge in [-0.05, 0) is 49.4 Å². The SMILES string of the molecule is CCc1nc([C@H]2CC[C@@H](c3nnc4n3-c3ccc(Cl)cc3CNC4)CC2)no1.Cl. The van der Waals surface area contributed by atoms with Crippen molar-refractivity contribution in [2.75, 3.05) is 0 Å². The molecule has 0 bridgehead atoms. The Balaban J connectivity index is 0.00000205. The zero-order chi connectivity index (χ0) is 19.1. The maximum Gasteiger partial charge on any atom is 0.226 e. The second-order valence-corrected chi connectivity index (χ2v) is 8.07. The summed E-state index contributed by atoms with van der Waals surface area (Å²) in [6, 6.07) is 6.05. The number of aryl methyl sites for hydroxylation is 1. The van der Waals surface area contributed by atoms with Crippen molar-refractivity contribution >= 4 is 24.0 Å². The second kappa shape index (κ2) is 8.42. The third kappa shape index (κ3) is 3.79. The molecular weight excluding hydrogens is 411 g/mol. The summed E-state index contributed by atoms with van der Waals surface area (Å²) < 4.78 is 7.53. The van der Waals surface area contributed by atoms with E-state index in [1.54, 1.807) is 0 Å². The molecule has 5 rings (SSSR count). The Morgan fingerprint density at radius 3 is 2.69 bits per heavy atom. The topological polar surface area (TPSA) is 81.7 Å². The fourth-order valence-electron chi connectivity index (χ4n) is 4.38. The molecule has 1 aliphatic heterocycles. The number of halogens is 2. The van der Waals surface area contributed by atoms with E-state index in [4.69, 9.17) is 16.1 Å². The van der Waals surface area contributed by atoms with Crippen molar-refractivity contribution in [3.63, 3.8) is 0 Å². The molecular formula is C20H24Cl2N6O. The van der Waals surface area contributed by atoms with Crippen LogP contribution in [0.15, 0.2) is 22.7 Å². The normalized spacial score (nSPS) is 21.0. The highest BCUT2D eigenvalue weighted by Gasteiger charge is 2.31. The van der Waals surface area contributed by atoms with Crippen LogP contribution >= 0.6 is 24.0 Å². The van der Waals surface area contributed by atoms with Crippen LogP contribution < -0.4 is 5.32 Å². The van der Waals surface area contributed by atoms with Crippen LogP contribution in [0.1, 0.15) is 73.4 Å². The summed E-state index contributed by atoms with van der Waals surface area (Å²) in [5, 5.41) is 17.4. The Morgan fingerprint density at radius 1 is 1.14 bits per heavy atom. The van der Waals surface area contributed by atoms with Gasteiger partial charge in [-0.25, -0.2) is 0 Å². The van der Waals surface area contributed by atoms with E-state index in [1.807, 2.05) is 19.1 Å². The number of nitrogens with zero attached hydrogens (tertiary/aromatic N) is 5. The van der Waals surface area contributed by atoms with Gasteiger partial charge in [0.1, 0.15) is 5.82 Å². The van der Waals surface area contributed by atoms with E-state index >= 15 is 0 Å². The molecule has 0 amide bonds. The monoisotopic (exact) mass is 434 g/mol. The Labute approximate surface area is 180 Å². The third-order valence-corrected chi connectivity index (χ3v) is 6.11. The predicted molar refractivity (Wildman–Crippen MR) is 112 cm³/mol. The molecule has 29 heavy (non-hydrogen) atoms. The highest BCUT2D eigenvalue weighted by molar-refractivity contribution is 6.30. The molecule has 3 aromatic rings. The van der Waals surface area contributed by atoms with Crippen molar-refractivity contribution < 1.29 is 4.52 Å². The first-order valence-electron chi connectivity index (χ1n) is 9.99. The maximum atomic E-state index is 6.22. The molecule has 154 valence electrons. The van der Waals surface area contributed by atoms with Crippen molar-refractivity contribution in [3.05, 3.63) is 52.1 Å². The van der Waals surface area contributed by atoms with Gasteiger partial charge in [-0.15, -0.1) is 22.6 Å². The van der Waals surface area contributed by atoms with Crippen LogP contribution in [-0.4, -0.2) is 24.9 Å². The molecule has 2 aliphatic rings. The maximum absolute atomic E-state index is 6.22. The summed E-state index contributed by atoms with van der Waals surface area (Å²) in [6.45, 7) is 3.52. The predicted octanol–water partition coefficient (Wildman–Crippen LogP) is 4.33.